The summed E-state index contributed by atoms with van der Waals surface area (Å²) in [5.74, 6) is 1.44. The molecule has 0 aliphatic carbocycles. The highest BCUT2D eigenvalue weighted by Crippen LogP contribution is 2.32. The zero-order valence-electron chi connectivity index (χ0n) is 16.0. The van der Waals surface area contributed by atoms with Crippen LogP contribution in [-0.2, 0) is 20.1 Å². The molecule has 3 heterocycles. The second-order valence-corrected chi connectivity index (χ2v) is 6.69. The largest absolute Gasteiger partial charge is 0.494 e. The summed E-state index contributed by atoms with van der Waals surface area (Å²) in [7, 11) is 1.61. The number of aryl methyl sites for hydroxylation is 1. The Kier molecular flexibility index (Phi) is 4.68. The molecule has 0 fully saturated rings. The monoisotopic (exact) mass is 385 g/mol. The molecule has 4 rings (SSSR count). The summed E-state index contributed by atoms with van der Waals surface area (Å²) in [4.78, 5) is 32.2. The number of fused-ring (bicyclic) bond motifs is 3. The van der Waals surface area contributed by atoms with E-state index in [-0.39, 0.29) is 18.7 Å². The van der Waals surface area contributed by atoms with Crippen molar-refractivity contribution in [2.75, 3.05) is 24.7 Å². The lowest BCUT2D eigenvalue weighted by Gasteiger charge is -2.16. The van der Waals surface area contributed by atoms with Crippen molar-refractivity contribution in [3.8, 4) is 5.75 Å². The minimum absolute atomic E-state index is 0.0797. The minimum Gasteiger partial charge on any atom is -0.494 e. The average Bonchev–Trinajstić information content (AvgIpc) is 3.27. The smallest absolute Gasteiger partial charge is 0.332 e. The lowest BCUT2D eigenvalue weighted by Crippen LogP contribution is -2.39. The highest BCUT2D eigenvalue weighted by Gasteiger charge is 2.28. The van der Waals surface area contributed by atoms with Crippen molar-refractivity contribution in [3.63, 3.8) is 0 Å². The number of aliphatic hydroxyl groups is 1. The van der Waals surface area contributed by atoms with E-state index in [4.69, 9.17) is 9.84 Å². The second kappa shape index (κ2) is 7.16. The first-order chi connectivity index (χ1) is 13.6. The van der Waals surface area contributed by atoms with Gasteiger partial charge in [-0.15, -0.1) is 0 Å². The number of hydrogen-bond acceptors (Lipinski definition) is 6. The molecule has 1 aliphatic rings. The van der Waals surface area contributed by atoms with Gasteiger partial charge in [0.25, 0.3) is 5.56 Å². The van der Waals surface area contributed by atoms with Gasteiger partial charge in [-0.05, 0) is 37.6 Å². The standard InChI is InChI=1S/C19H23N5O4/c1-3-28-14-7-5-13(6-8-14)22-10-11-23-15-16(20-18(22)23)21(2)19(27)24(17(15)26)9-4-12-25/h5-8,25H,3-4,9-12H2,1-2H3. The number of imidazole rings is 1. The Bertz CT molecular complexity index is 1130. The maximum atomic E-state index is 13.0. The summed E-state index contributed by atoms with van der Waals surface area (Å²) in [5.41, 5.74) is 0.960. The first-order valence-electron chi connectivity index (χ1n) is 9.38. The summed E-state index contributed by atoms with van der Waals surface area (Å²) in [6.07, 6.45) is 0.347. The average molecular weight is 385 g/mol. The van der Waals surface area contributed by atoms with Crippen LogP contribution < -0.4 is 20.9 Å². The fraction of sp³-hybridized carbons (Fsp3) is 0.421. The van der Waals surface area contributed by atoms with E-state index in [2.05, 4.69) is 4.98 Å². The van der Waals surface area contributed by atoms with Crippen molar-refractivity contribution in [1.82, 2.24) is 18.7 Å². The molecule has 0 unspecified atom stereocenters. The number of hydrogen-bond donors (Lipinski definition) is 1. The molecule has 1 N–H and O–H groups in total. The quantitative estimate of drug-likeness (QED) is 0.675. The highest BCUT2D eigenvalue weighted by atomic mass is 16.5. The third-order valence-electron chi connectivity index (χ3n) is 5.00. The van der Waals surface area contributed by atoms with Gasteiger partial charge in [0, 0.05) is 39.0 Å². The molecule has 0 radical (unpaired) electrons. The summed E-state index contributed by atoms with van der Waals surface area (Å²) in [6.45, 7) is 3.94. The van der Waals surface area contributed by atoms with Crippen LogP contribution in [0, 0.1) is 0 Å². The molecule has 0 saturated heterocycles. The van der Waals surface area contributed by atoms with Crippen LogP contribution in [0.5, 0.6) is 5.75 Å². The van der Waals surface area contributed by atoms with Crippen molar-refractivity contribution in [3.05, 3.63) is 45.1 Å². The number of aromatic nitrogens is 4. The lowest BCUT2D eigenvalue weighted by molar-refractivity contribution is 0.277. The Labute approximate surface area is 161 Å². The van der Waals surface area contributed by atoms with Gasteiger partial charge in [0.1, 0.15) is 5.75 Å². The summed E-state index contributed by atoms with van der Waals surface area (Å²) in [5, 5.41) is 9.06. The van der Waals surface area contributed by atoms with Crippen LogP contribution in [-0.4, -0.2) is 43.6 Å². The van der Waals surface area contributed by atoms with Crippen LogP contribution in [0.4, 0.5) is 11.6 Å². The number of rotatable bonds is 6. The Balaban J connectivity index is 1.82. The van der Waals surface area contributed by atoms with E-state index in [0.29, 0.717) is 43.2 Å². The molecule has 0 amide bonds. The van der Waals surface area contributed by atoms with Crippen LogP contribution in [0.15, 0.2) is 33.9 Å². The normalized spacial score (nSPS) is 13.3. The zero-order chi connectivity index (χ0) is 19.8. The molecule has 0 spiro atoms. The second-order valence-electron chi connectivity index (χ2n) is 6.69. The molecule has 0 bridgehead atoms. The maximum absolute atomic E-state index is 13.0. The van der Waals surface area contributed by atoms with Gasteiger partial charge in [-0.25, -0.2) is 4.79 Å². The number of benzene rings is 1. The third kappa shape index (κ3) is 2.78. The van der Waals surface area contributed by atoms with Crippen molar-refractivity contribution in [2.24, 2.45) is 7.05 Å². The molecule has 3 aromatic rings. The fourth-order valence-electron chi connectivity index (χ4n) is 3.64. The third-order valence-corrected chi connectivity index (χ3v) is 5.00. The van der Waals surface area contributed by atoms with E-state index < -0.39 is 5.69 Å². The van der Waals surface area contributed by atoms with Gasteiger partial charge in [-0.1, -0.05) is 0 Å². The summed E-state index contributed by atoms with van der Waals surface area (Å²) >= 11 is 0. The Morgan fingerprint density at radius 2 is 1.93 bits per heavy atom. The van der Waals surface area contributed by atoms with Crippen LogP contribution >= 0.6 is 0 Å². The maximum Gasteiger partial charge on any atom is 0.332 e. The molecular weight excluding hydrogens is 362 g/mol. The minimum atomic E-state index is -0.421. The molecule has 0 saturated carbocycles. The highest BCUT2D eigenvalue weighted by molar-refractivity contribution is 5.77. The predicted molar refractivity (Wildman–Crippen MR) is 106 cm³/mol. The molecule has 28 heavy (non-hydrogen) atoms. The Morgan fingerprint density at radius 3 is 2.61 bits per heavy atom. The SMILES string of the molecule is CCOc1ccc(N2CCn3c2nc2c3c(=O)n(CCCO)c(=O)n2C)cc1. The Hall–Kier alpha value is -3.07. The number of aliphatic hydroxyl groups excluding tert-OH is 1. The van der Waals surface area contributed by atoms with Crippen molar-refractivity contribution in [1.29, 1.82) is 0 Å². The van der Waals surface area contributed by atoms with E-state index in [1.807, 2.05) is 40.7 Å². The molecule has 2 aromatic heterocycles. The van der Waals surface area contributed by atoms with Gasteiger partial charge < -0.3 is 19.3 Å². The molecule has 1 aromatic carbocycles. The predicted octanol–water partition coefficient (Wildman–Crippen LogP) is 0.829. The fourth-order valence-corrected chi connectivity index (χ4v) is 3.64. The number of anilines is 2. The first kappa shape index (κ1) is 18.3. The van der Waals surface area contributed by atoms with Crippen molar-refractivity contribution in [2.45, 2.75) is 26.4 Å². The molecular formula is C19H23N5O4. The van der Waals surface area contributed by atoms with Gasteiger partial charge in [0.15, 0.2) is 11.2 Å². The topological polar surface area (TPSA) is 94.5 Å². The van der Waals surface area contributed by atoms with Gasteiger partial charge >= 0.3 is 5.69 Å². The Morgan fingerprint density at radius 1 is 1.18 bits per heavy atom. The van der Waals surface area contributed by atoms with Gasteiger partial charge in [0.05, 0.1) is 6.61 Å². The van der Waals surface area contributed by atoms with Gasteiger partial charge in [-0.3, -0.25) is 13.9 Å². The lowest BCUT2D eigenvalue weighted by atomic mass is 10.3. The molecule has 9 nitrogen and oxygen atoms in total. The number of nitrogens with zero attached hydrogens (tertiary/aromatic N) is 5. The van der Waals surface area contributed by atoms with Crippen LogP contribution in [0.1, 0.15) is 13.3 Å². The molecule has 1 aliphatic heterocycles. The van der Waals surface area contributed by atoms with E-state index in [1.54, 1.807) is 7.05 Å². The van der Waals surface area contributed by atoms with E-state index in [1.165, 1.54) is 9.13 Å². The van der Waals surface area contributed by atoms with Gasteiger partial charge in [0.2, 0.25) is 5.95 Å². The van der Waals surface area contributed by atoms with Crippen LogP contribution in [0.2, 0.25) is 0 Å². The molecule has 9 heteroatoms. The van der Waals surface area contributed by atoms with E-state index in [9.17, 15) is 9.59 Å². The molecule has 148 valence electrons. The van der Waals surface area contributed by atoms with Gasteiger partial charge in [-0.2, -0.15) is 4.98 Å². The van der Waals surface area contributed by atoms with E-state index >= 15 is 0 Å². The zero-order valence-corrected chi connectivity index (χ0v) is 16.0. The van der Waals surface area contributed by atoms with Crippen molar-refractivity contribution < 1.29 is 9.84 Å². The van der Waals surface area contributed by atoms with Crippen molar-refractivity contribution >= 4 is 22.8 Å². The van der Waals surface area contributed by atoms with Crippen LogP contribution in [0.3, 0.4) is 0 Å². The number of ether oxygens (including phenoxy) is 1. The van der Waals surface area contributed by atoms with Crippen LogP contribution in [0.25, 0.3) is 11.2 Å². The summed E-state index contributed by atoms with van der Waals surface area (Å²) in [6, 6.07) is 7.72. The summed E-state index contributed by atoms with van der Waals surface area (Å²) < 4.78 is 9.93. The first-order valence-corrected chi connectivity index (χ1v) is 9.38. The molecule has 0 atom stereocenters. The van der Waals surface area contributed by atoms with E-state index in [0.717, 1.165) is 11.4 Å².